The third-order valence-electron chi connectivity index (χ3n) is 4.74. The fraction of sp³-hybridized carbons (Fsp3) is 0.450. The molecule has 0 atom stereocenters. The van der Waals surface area contributed by atoms with Crippen LogP contribution in [-0.2, 0) is 0 Å². The Kier molecular flexibility index (Phi) is 5.64. The molecule has 1 fully saturated rings. The third-order valence-corrected chi connectivity index (χ3v) is 4.74. The minimum Gasteiger partial charge on any atom is -0.349 e. The van der Waals surface area contributed by atoms with Crippen molar-refractivity contribution in [3.05, 3.63) is 47.3 Å². The van der Waals surface area contributed by atoms with Crippen LogP contribution in [0.1, 0.15) is 60.0 Å². The van der Waals surface area contributed by atoms with Gasteiger partial charge < -0.3 is 10.6 Å². The molecule has 0 bridgehead atoms. The van der Waals surface area contributed by atoms with Crippen LogP contribution in [0.4, 0.5) is 11.6 Å². The molecule has 1 aromatic carbocycles. The van der Waals surface area contributed by atoms with E-state index < -0.39 is 0 Å². The van der Waals surface area contributed by atoms with E-state index in [0.717, 1.165) is 24.1 Å². The van der Waals surface area contributed by atoms with Gasteiger partial charge in [-0.2, -0.15) is 0 Å². The van der Waals surface area contributed by atoms with Gasteiger partial charge in [0, 0.05) is 24.1 Å². The summed E-state index contributed by atoms with van der Waals surface area (Å²) in [6, 6.07) is 6.47. The normalized spacial score (nSPS) is 15.4. The maximum atomic E-state index is 12.4. The molecule has 132 valence electrons. The van der Waals surface area contributed by atoms with Gasteiger partial charge in [-0.15, -0.1) is 0 Å². The van der Waals surface area contributed by atoms with Crippen LogP contribution in [0.15, 0.2) is 30.6 Å². The highest BCUT2D eigenvalue weighted by Crippen LogP contribution is 2.20. The minimum atomic E-state index is -0.0785. The predicted octanol–water partition coefficient (Wildman–Crippen LogP) is 4.29. The van der Waals surface area contributed by atoms with E-state index in [1.165, 1.54) is 31.2 Å². The number of hydrogen-bond donors (Lipinski definition) is 2. The first-order valence-corrected chi connectivity index (χ1v) is 9.09. The number of carbonyl (C=O) groups excluding carboxylic acids is 1. The van der Waals surface area contributed by atoms with Crippen molar-refractivity contribution >= 4 is 17.5 Å². The maximum absolute atomic E-state index is 12.4. The van der Waals surface area contributed by atoms with Crippen LogP contribution in [0.2, 0.25) is 0 Å². The number of hydrogen-bond acceptors (Lipinski definition) is 4. The van der Waals surface area contributed by atoms with Gasteiger partial charge in [-0.25, -0.2) is 9.97 Å². The molecule has 3 rings (SSSR count). The van der Waals surface area contributed by atoms with Crippen LogP contribution in [0, 0.1) is 13.8 Å². The smallest absolute Gasteiger partial charge is 0.254 e. The largest absolute Gasteiger partial charge is 0.349 e. The van der Waals surface area contributed by atoms with Crippen LogP contribution in [0.25, 0.3) is 0 Å². The predicted molar refractivity (Wildman–Crippen MR) is 100 cm³/mol. The zero-order chi connectivity index (χ0) is 17.6. The average Bonchev–Trinajstić information content (AvgIpc) is 2.87. The van der Waals surface area contributed by atoms with E-state index in [4.69, 9.17) is 0 Å². The van der Waals surface area contributed by atoms with E-state index in [9.17, 15) is 4.79 Å². The van der Waals surface area contributed by atoms with Gasteiger partial charge in [0.15, 0.2) is 0 Å². The lowest BCUT2D eigenvalue weighted by Crippen LogP contribution is -2.34. The Balaban J connectivity index is 1.63. The summed E-state index contributed by atoms with van der Waals surface area (Å²) >= 11 is 0. The van der Waals surface area contributed by atoms with Crippen molar-refractivity contribution in [1.82, 2.24) is 15.3 Å². The molecule has 0 saturated heterocycles. The van der Waals surface area contributed by atoms with E-state index in [1.807, 2.05) is 13.8 Å². The van der Waals surface area contributed by atoms with Gasteiger partial charge in [0.05, 0.1) is 5.56 Å². The molecule has 2 aromatic rings. The highest BCUT2D eigenvalue weighted by Gasteiger charge is 2.16. The standard InChI is InChI=1S/C20H26N4O/c1-14-9-10-15(2)18(11-14)24-20-21-12-16(13-22-20)19(25)23-17-7-5-3-4-6-8-17/h9-13,17H,3-8H2,1-2H3,(H,23,25)(H,21,22,24). The van der Waals surface area contributed by atoms with Gasteiger partial charge in [-0.05, 0) is 43.9 Å². The summed E-state index contributed by atoms with van der Waals surface area (Å²) < 4.78 is 0. The molecule has 0 radical (unpaired) electrons. The number of aromatic nitrogens is 2. The second-order valence-electron chi connectivity index (χ2n) is 6.90. The first-order valence-electron chi connectivity index (χ1n) is 9.09. The molecule has 1 heterocycles. The number of rotatable bonds is 4. The Morgan fingerprint density at radius 1 is 1.04 bits per heavy atom. The van der Waals surface area contributed by atoms with E-state index in [2.05, 4.69) is 38.8 Å². The number of aryl methyl sites for hydroxylation is 2. The lowest BCUT2D eigenvalue weighted by Gasteiger charge is -2.16. The summed E-state index contributed by atoms with van der Waals surface area (Å²) in [5, 5.41) is 6.34. The average molecular weight is 338 g/mol. The zero-order valence-corrected chi connectivity index (χ0v) is 15.0. The van der Waals surface area contributed by atoms with Crippen molar-refractivity contribution in [1.29, 1.82) is 0 Å². The molecule has 1 aromatic heterocycles. The van der Waals surface area contributed by atoms with Crippen molar-refractivity contribution in [2.75, 3.05) is 5.32 Å². The van der Waals surface area contributed by atoms with Crippen molar-refractivity contribution in [3.8, 4) is 0 Å². The first kappa shape index (κ1) is 17.4. The van der Waals surface area contributed by atoms with Gasteiger partial charge in [-0.1, -0.05) is 37.8 Å². The lowest BCUT2D eigenvalue weighted by molar-refractivity contribution is 0.0932. The fourth-order valence-corrected chi connectivity index (χ4v) is 3.19. The van der Waals surface area contributed by atoms with Crippen molar-refractivity contribution in [3.63, 3.8) is 0 Å². The van der Waals surface area contributed by atoms with E-state index in [-0.39, 0.29) is 11.9 Å². The van der Waals surface area contributed by atoms with Crippen LogP contribution in [0.5, 0.6) is 0 Å². The highest BCUT2D eigenvalue weighted by atomic mass is 16.1. The van der Waals surface area contributed by atoms with Gasteiger partial charge in [-0.3, -0.25) is 4.79 Å². The summed E-state index contributed by atoms with van der Waals surface area (Å²) in [7, 11) is 0. The van der Waals surface area contributed by atoms with Crippen LogP contribution < -0.4 is 10.6 Å². The van der Waals surface area contributed by atoms with Gasteiger partial charge >= 0.3 is 0 Å². The van der Waals surface area contributed by atoms with Gasteiger partial charge in [0.2, 0.25) is 5.95 Å². The quantitative estimate of drug-likeness (QED) is 0.816. The SMILES string of the molecule is Cc1ccc(C)c(Nc2ncc(C(=O)NC3CCCCCC3)cn2)c1. The molecule has 0 unspecified atom stereocenters. The second-order valence-corrected chi connectivity index (χ2v) is 6.90. The molecule has 0 aliphatic heterocycles. The summed E-state index contributed by atoms with van der Waals surface area (Å²) in [6.07, 6.45) is 10.2. The minimum absolute atomic E-state index is 0.0785. The topological polar surface area (TPSA) is 66.9 Å². The highest BCUT2D eigenvalue weighted by molar-refractivity contribution is 5.93. The molecule has 2 N–H and O–H groups in total. The van der Waals surface area contributed by atoms with Gasteiger partial charge in [0.25, 0.3) is 5.91 Å². The monoisotopic (exact) mass is 338 g/mol. The Hall–Kier alpha value is -2.43. The van der Waals surface area contributed by atoms with Crippen molar-refractivity contribution < 1.29 is 4.79 Å². The number of amides is 1. The molecular formula is C20H26N4O. The van der Waals surface area contributed by atoms with E-state index in [0.29, 0.717) is 11.5 Å². The third kappa shape index (κ3) is 4.78. The number of benzene rings is 1. The number of anilines is 2. The summed E-state index contributed by atoms with van der Waals surface area (Å²) in [6.45, 7) is 4.09. The summed E-state index contributed by atoms with van der Waals surface area (Å²) in [5.41, 5.74) is 3.79. The number of nitrogens with one attached hydrogen (secondary N) is 2. The molecule has 5 heteroatoms. The van der Waals surface area contributed by atoms with Crippen molar-refractivity contribution in [2.45, 2.75) is 58.4 Å². The van der Waals surface area contributed by atoms with Crippen LogP contribution in [0.3, 0.4) is 0 Å². The van der Waals surface area contributed by atoms with E-state index >= 15 is 0 Å². The van der Waals surface area contributed by atoms with Crippen LogP contribution >= 0.6 is 0 Å². The first-order chi connectivity index (χ1) is 12.1. The molecule has 25 heavy (non-hydrogen) atoms. The molecule has 5 nitrogen and oxygen atoms in total. The Morgan fingerprint density at radius 2 is 1.72 bits per heavy atom. The fourth-order valence-electron chi connectivity index (χ4n) is 3.19. The Bertz CT molecular complexity index is 719. The zero-order valence-electron chi connectivity index (χ0n) is 15.0. The Morgan fingerprint density at radius 3 is 2.40 bits per heavy atom. The van der Waals surface area contributed by atoms with Gasteiger partial charge in [0.1, 0.15) is 0 Å². The molecular weight excluding hydrogens is 312 g/mol. The van der Waals surface area contributed by atoms with Crippen LogP contribution in [-0.4, -0.2) is 21.9 Å². The molecule has 1 aliphatic carbocycles. The molecule has 1 amide bonds. The second kappa shape index (κ2) is 8.10. The maximum Gasteiger partial charge on any atom is 0.254 e. The summed E-state index contributed by atoms with van der Waals surface area (Å²) in [4.78, 5) is 21.0. The molecule has 0 spiro atoms. The number of carbonyl (C=O) groups is 1. The lowest BCUT2D eigenvalue weighted by atomic mass is 10.1. The molecule has 1 saturated carbocycles. The summed E-state index contributed by atoms with van der Waals surface area (Å²) in [5.74, 6) is 0.421. The molecule has 1 aliphatic rings. The van der Waals surface area contributed by atoms with E-state index in [1.54, 1.807) is 12.4 Å². The van der Waals surface area contributed by atoms with Crippen molar-refractivity contribution in [2.24, 2.45) is 0 Å². The Labute approximate surface area is 149 Å². The number of nitrogens with zero attached hydrogens (tertiary/aromatic N) is 2.